The van der Waals surface area contributed by atoms with E-state index in [-0.39, 0.29) is 46.3 Å². The summed E-state index contributed by atoms with van der Waals surface area (Å²) in [5.74, 6) is -0.316. The molecule has 0 heterocycles. The number of carbonyl (C=O) groups is 1. The Morgan fingerprint density at radius 3 is 2.23 bits per heavy atom. The van der Waals surface area contributed by atoms with Gasteiger partial charge in [-0.2, -0.15) is 13.2 Å². The number of ether oxygens (including phenoxy) is 2. The van der Waals surface area contributed by atoms with Crippen molar-refractivity contribution in [1.29, 1.82) is 0 Å². The predicted molar refractivity (Wildman–Crippen MR) is 187 cm³/mol. The molecule has 0 aromatic heterocycles. The van der Waals surface area contributed by atoms with Crippen LogP contribution in [0.4, 0.5) is 13.2 Å². The predicted octanol–water partition coefficient (Wildman–Crippen LogP) is 9.71. The van der Waals surface area contributed by atoms with Gasteiger partial charge in [0.1, 0.15) is 12.4 Å². The first-order valence-electron chi connectivity index (χ1n) is 16.7. The van der Waals surface area contributed by atoms with Crippen LogP contribution in [0.1, 0.15) is 79.2 Å². The number of hydrogen-bond acceptors (Lipinski definition) is 6. The maximum atomic E-state index is 13.4. The van der Waals surface area contributed by atoms with Crippen LogP contribution >= 0.6 is 0 Å². The third kappa shape index (κ3) is 12.5. The Morgan fingerprint density at radius 2 is 1.66 bits per heavy atom. The number of methoxy groups -OCH3 is 1. The number of carbonyl (C=O) groups excluding carboxylic acids is 1. The molecular formula is C36H59F3O6Si2. The largest absolute Gasteiger partial charge is 0.491 e. The highest BCUT2D eigenvalue weighted by atomic mass is 28.4. The zero-order chi connectivity index (χ0) is 35.8. The molecule has 2 unspecified atom stereocenters. The summed E-state index contributed by atoms with van der Waals surface area (Å²) in [6, 6.07) is 4.90. The number of aliphatic hydroxyl groups is 1. The van der Waals surface area contributed by atoms with E-state index in [4.69, 9.17) is 18.3 Å². The van der Waals surface area contributed by atoms with Crippen LogP contribution in [0.3, 0.4) is 0 Å². The number of halogens is 3. The highest BCUT2D eigenvalue weighted by Crippen LogP contribution is 2.44. The summed E-state index contributed by atoms with van der Waals surface area (Å²) in [5.41, 5.74) is -0.765. The number of rotatable bonds is 15. The van der Waals surface area contributed by atoms with Gasteiger partial charge in [0, 0.05) is 12.3 Å². The number of unbranched alkanes of at least 4 members (excludes halogenated alkanes) is 1. The van der Waals surface area contributed by atoms with Crippen LogP contribution in [-0.2, 0) is 24.6 Å². The van der Waals surface area contributed by atoms with Crippen molar-refractivity contribution in [1.82, 2.24) is 0 Å². The minimum Gasteiger partial charge on any atom is -0.491 e. The van der Waals surface area contributed by atoms with Gasteiger partial charge in [0.25, 0.3) is 0 Å². The Bertz CT molecular complexity index is 1200. The number of allylic oxidation sites excluding steroid dienone is 2. The van der Waals surface area contributed by atoms with Crippen LogP contribution in [0, 0.1) is 11.8 Å². The molecule has 0 bridgehead atoms. The minimum absolute atomic E-state index is 0.0172. The summed E-state index contributed by atoms with van der Waals surface area (Å²) in [6.07, 6.45) is 5.34. The average molecular weight is 701 g/mol. The van der Waals surface area contributed by atoms with E-state index in [1.54, 1.807) is 0 Å². The molecule has 5 atom stereocenters. The van der Waals surface area contributed by atoms with Gasteiger partial charge in [0.2, 0.25) is 0 Å². The van der Waals surface area contributed by atoms with Gasteiger partial charge < -0.3 is 23.4 Å². The summed E-state index contributed by atoms with van der Waals surface area (Å²) < 4.78 is 64.4. The van der Waals surface area contributed by atoms with E-state index in [1.807, 2.05) is 12.2 Å². The lowest BCUT2D eigenvalue weighted by Gasteiger charge is -2.40. The zero-order valence-electron chi connectivity index (χ0n) is 30.4. The van der Waals surface area contributed by atoms with Crippen molar-refractivity contribution in [3.05, 3.63) is 54.1 Å². The number of hydrogen-bond donors (Lipinski definition) is 1. The Balaban J connectivity index is 2.39. The maximum Gasteiger partial charge on any atom is 0.416 e. The molecule has 1 aromatic carbocycles. The second-order valence-corrected chi connectivity index (χ2v) is 25.3. The Labute approximate surface area is 283 Å². The summed E-state index contributed by atoms with van der Waals surface area (Å²) in [4.78, 5) is 11.5. The van der Waals surface area contributed by atoms with Crippen LogP contribution in [0.25, 0.3) is 0 Å². The fourth-order valence-electron chi connectivity index (χ4n) is 5.08. The lowest BCUT2D eigenvalue weighted by atomic mass is 9.89. The quantitative estimate of drug-likeness (QED) is 0.0850. The molecule has 1 aromatic rings. The second kappa shape index (κ2) is 16.7. The zero-order valence-corrected chi connectivity index (χ0v) is 32.4. The first kappa shape index (κ1) is 41.2. The van der Waals surface area contributed by atoms with Gasteiger partial charge in [-0.15, -0.1) is 0 Å². The topological polar surface area (TPSA) is 74.2 Å². The SMILES string of the molecule is COC(=O)CCC/C=C\C[C@H]1[C@@H](O)CC(O[Si](C)(C)C(C)(C)C)[C@@H]1/C=C/C(COc1cccc(C(F)(F)F)c1)O[Si](C)(C)C(C)(C)C. The molecule has 1 aliphatic rings. The normalized spacial score (nSPS) is 22.3. The number of benzene rings is 1. The lowest BCUT2D eigenvalue weighted by molar-refractivity contribution is -0.140. The molecule has 47 heavy (non-hydrogen) atoms. The van der Waals surface area contributed by atoms with Gasteiger partial charge >= 0.3 is 12.1 Å². The van der Waals surface area contributed by atoms with Gasteiger partial charge in [-0.25, -0.2) is 0 Å². The Kier molecular flexibility index (Phi) is 14.6. The molecule has 2 rings (SSSR count). The van der Waals surface area contributed by atoms with Crippen molar-refractivity contribution < 1.29 is 41.4 Å². The highest BCUT2D eigenvalue weighted by molar-refractivity contribution is 6.74. The van der Waals surface area contributed by atoms with E-state index in [2.05, 4.69) is 79.9 Å². The van der Waals surface area contributed by atoms with Crippen LogP contribution in [0.15, 0.2) is 48.6 Å². The van der Waals surface area contributed by atoms with Crippen molar-refractivity contribution in [3.63, 3.8) is 0 Å². The molecule has 0 spiro atoms. The number of aliphatic hydroxyl groups excluding tert-OH is 1. The Morgan fingerprint density at radius 1 is 1.02 bits per heavy atom. The average Bonchev–Trinajstić information content (AvgIpc) is 3.22. The summed E-state index contributed by atoms with van der Waals surface area (Å²) >= 11 is 0. The number of esters is 1. The van der Waals surface area contributed by atoms with E-state index < -0.39 is 40.6 Å². The molecule has 1 saturated carbocycles. The summed E-state index contributed by atoms with van der Waals surface area (Å²) in [6.45, 7) is 21.7. The molecule has 268 valence electrons. The van der Waals surface area contributed by atoms with Crippen LogP contribution < -0.4 is 4.74 Å². The minimum atomic E-state index is -4.47. The highest BCUT2D eigenvalue weighted by Gasteiger charge is 2.47. The van der Waals surface area contributed by atoms with Crippen molar-refractivity contribution >= 4 is 22.6 Å². The van der Waals surface area contributed by atoms with E-state index in [0.717, 1.165) is 18.6 Å². The molecule has 0 radical (unpaired) electrons. The van der Waals surface area contributed by atoms with E-state index in [9.17, 15) is 23.1 Å². The Hall–Kier alpha value is -1.93. The van der Waals surface area contributed by atoms with Gasteiger partial charge in [0.15, 0.2) is 16.6 Å². The van der Waals surface area contributed by atoms with Gasteiger partial charge in [0.05, 0.1) is 31.0 Å². The molecule has 1 fully saturated rings. The maximum absolute atomic E-state index is 13.4. The van der Waals surface area contributed by atoms with Crippen LogP contribution in [-0.4, -0.2) is 59.7 Å². The fraction of sp³-hybridized carbons (Fsp3) is 0.694. The third-order valence-electron chi connectivity index (χ3n) is 10.1. The number of alkyl halides is 3. The van der Waals surface area contributed by atoms with Gasteiger partial charge in [-0.3, -0.25) is 4.79 Å². The van der Waals surface area contributed by atoms with Gasteiger partial charge in [-0.05, 0) is 86.1 Å². The van der Waals surface area contributed by atoms with Crippen LogP contribution in [0.5, 0.6) is 5.75 Å². The molecule has 1 aliphatic carbocycles. The summed E-state index contributed by atoms with van der Waals surface area (Å²) in [5, 5.41) is 11.2. The second-order valence-electron chi connectivity index (χ2n) is 15.8. The molecule has 11 heteroatoms. The van der Waals surface area contributed by atoms with E-state index >= 15 is 0 Å². The molecule has 1 N–H and O–H groups in total. The molecule has 0 aliphatic heterocycles. The monoisotopic (exact) mass is 700 g/mol. The molecule has 6 nitrogen and oxygen atoms in total. The fourth-order valence-corrected chi connectivity index (χ4v) is 7.70. The standard InChI is InChI=1S/C36H59F3O6Si2/c1-34(2,3)46(8,9)44-28(25-43-27-18-16-17-26(23-27)36(37,38)39)21-22-30-29(19-14-12-13-15-20-33(41)42-7)31(40)24-32(30)45-47(10,11)35(4,5)6/h12,14,16-18,21-23,28-32,40H,13,15,19-20,24-25H2,1-11H3/b14-12-,22-21+/t28?,29-,30-,31+,32?/m1/s1. The van der Waals surface area contributed by atoms with E-state index in [0.29, 0.717) is 25.7 Å². The first-order chi connectivity index (χ1) is 21.5. The van der Waals surface area contributed by atoms with Crippen LogP contribution in [0.2, 0.25) is 36.3 Å². The summed E-state index contributed by atoms with van der Waals surface area (Å²) in [7, 11) is -3.11. The van der Waals surface area contributed by atoms with Gasteiger partial charge in [-0.1, -0.05) is 71.9 Å². The molecule has 0 amide bonds. The third-order valence-corrected chi connectivity index (χ3v) is 19.1. The molecular weight excluding hydrogens is 642 g/mol. The van der Waals surface area contributed by atoms with Crippen molar-refractivity contribution in [2.24, 2.45) is 11.8 Å². The lowest BCUT2D eigenvalue weighted by Crippen LogP contribution is -2.45. The van der Waals surface area contributed by atoms with Crippen molar-refractivity contribution in [3.8, 4) is 5.75 Å². The van der Waals surface area contributed by atoms with E-state index in [1.165, 1.54) is 19.2 Å². The van der Waals surface area contributed by atoms with Crippen molar-refractivity contribution in [2.75, 3.05) is 13.7 Å². The molecule has 0 saturated heterocycles. The first-order valence-corrected chi connectivity index (χ1v) is 22.5. The van der Waals surface area contributed by atoms with Crippen molar-refractivity contribution in [2.45, 2.75) is 134 Å². The smallest absolute Gasteiger partial charge is 0.416 e.